The largest absolute Gasteiger partial charge is 0.499 e. The van der Waals surface area contributed by atoms with Gasteiger partial charge in [-0.05, 0) is 0 Å². The van der Waals surface area contributed by atoms with Crippen LogP contribution in [0.4, 0.5) is 0 Å². The van der Waals surface area contributed by atoms with Gasteiger partial charge in [-0.3, -0.25) is 0 Å². The van der Waals surface area contributed by atoms with E-state index in [0.717, 1.165) is 6.04 Å². The van der Waals surface area contributed by atoms with Crippen LogP contribution in [0.2, 0.25) is 6.04 Å². The molecular weight excluding hydrogens is 172 g/mol. The van der Waals surface area contributed by atoms with E-state index >= 15 is 0 Å². The molecule has 0 amide bonds. The van der Waals surface area contributed by atoms with Gasteiger partial charge < -0.3 is 13.3 Å². The molecule has 12 heavy (non-hydrogen) atoms. The predicted molar refractivity (Wildman–Crippen MR) is 51.1 cm³/mol. The lowest BCUT2D eigenvalue weighted by atomic mass is 11.0. The fraction of sp³-hybridized carbons (Fsp3) is 1.00. The maximum Gasteiger partial charge on any atom is 0.499 e. The summed E-state index contributed by atoms with van der Waals surface area (Å²) >= 11 is 0. The van der Waals surface area contributed by atoms with Crippen LogP contribution in [0, 0.1) is 0 Å². The molecule has 0 aromatic heterocycles. The molecule has 0 aromatic rings. The molecule has 0 bridgehead atoms. The molecule has 0 spiro atoms. The fourth-order valence-electron chi connectivity index (χ4n) is 0.683. The highest BCUT2D eigenvalue weighted by atomic mass is 28.4. The van der Waals surface area contributed by atoms with Gasteiger partial charge in [0.25, 0.3) is 0 Å². The summed E-state index contributed by atoms with van der Waals surface area (Å²) in [6.07, 6.45) is 4.50. The lowest BCUT2D eigenvalue weighted by Gasteiger charge is -2.22. The van der Waals surface area contributed by atoms with Crippen molar-refractivity contribution < 1.29 is 13.3 Å². The van der Waals surface area contributed by atoms with Crippen LogP contribution in [0.25, 0.3) is 0 Å². The second-order valence-corrected chi connectivity index (χ2v) is 6.01. The summed E-state index contributed by atoms with van der Waals surface area (Å²) in [6.45, 7) is 1.99. The van der Waals surface area contributed by atoms with Crippen molar-refractivity contribution in [1.29, 1.82) is 0 Å². The van der Waals surface area contributed by atoms with Gasteiger partial charge in [0.15, 0.2) is 0 Å². The smallest absolute Gasteiger partial charge is 0.377 e. The highest BCUT2D eigenvalue weighted by Crippen LogP contribution is 2.14. The first-order chi connectivity index (χ1) is 5.74. The first-order valence-corrected chi connectivity index (χ1v) is 6.33. The molecule has 0 saturated heterocycles. The molecule has 0 N–H and O–H groups in total. The van der Waals surface area contributed by atoms with Crippen LogP contribution in [0.1, 0.15) is 26.2 Å². The summed E-state index contributed by atoms with van der Waals surface area (Å²) in [5.41, 5.74) is 0. The van der Waals surface area contributed by atoms with Gasteiger partial charge in [-0.15, -0.1) is 0 Å². The van der Waals surface area contributed by atoms with Crippen molar-refractivity contribution in [2.75, 3.05) is 21.3 Å². The first-order valence-electron chi connectivity index (χ1n) is 4.40. The second kappa shape index (κ2) is 6.60. The summed E-state index contributed by atoms with van der Waals surface area (Å²) in [4.78, 5) is 0. The SMILES string of the molecule is C1CC1.CC[Si](OC)(OC)OC. The molecular formula is C8H20O3Si. The Balaban J connectivity index is 0.000000330. The van der Waals surface area contributed by atoms with Crippen LogP contribution < -0.4 is 0 Å². The zero-order valence-corrected chi connectivity index (χ0v) is 9.55. The van der Waals surface area contributed by atoms with E-state index in [-0.39, 0.29) is 0 Å². The Kier molecular flexibility index (Phi) is 6.65. The highest BCUT2D eigenvalue weighted by molar-refractivity contribution is 6.60. The number of hydrogen-bond donors (Lipinski definition) is 0. The van der Waals surface area contributed by atoms with E-state index in [1.807, 2.05) is 6.92 Å². The predicted octanol–water partition coefficient (Wildman–Crippen LogP) is 2.05. The molecule has 1 aliphatic carbocycles. The number of hydrogen-bond acceptors (Lipinski definition) is 3. The van der Waals surface area contributed by atoms with Crippen LogP contribution >= 0.6 is 0 Å². The Bertz CT molecular complexity index is 82.2. The van der Waals surface area contributed by atoms with Gasteiger partial charge >= 0.3 is 8.80 Å². The van der Waals surface area contributed by atoms with Gasteiger partial charge in [-0.1, -0.05) is 26.2 Å². The molecule has 0 atom stereocenters. The Labute approximate surface area is 76.4 Å². The monoisotopic (exact) mass is 192 g/mol. The van der Waals surface area contributed by atoms with Crippen molar-refractivity contribution in [3.63, 3.8) is 0 Å². The molecule has 3 nitrogen and oxygen atoms in total. The zero-order chi connectivity index (χ0) is 9.45. The third kappa shape index (κ3) is 4.87. The summed E-state index contributed by atoms with van der Waals surface area (Å²) in [5, 5.41) is 0. The Morgan fingerprint density at radius 3 is 1.25 bits per heavy atom. The van der Waals surface area contributed by atoms with E-state index in [2.05, 4.69) is 0 Å². The molecule has 1 saturated carbocycles. The van der Waals surface area contributed by atoms with E-state index < -0.39 is 8.80 Å². The fourth-order valence-corrected chi connectivity index (χ4v) is 2.05. The van der Waals surface area contributed by atoms with Gasteiger partial charge in [0.1, 0.15) is 0 Å². The third-order valence-electron chi connectivity index (χ3n) is 1.72. The van der Waals surface area contributed by atoms with E-state index in [4.69, 9.17) is 13.3 Å². The summed E-state index contributed by atoms with van der Waals surface area (Å²) in [6, 6.07) is 0.816. The van der Waals surface area contributed by atoms with Gasteiger partial charge in [0.2, 0.25) is 0 Å². The van der Waals surface area contributed by atoms with Gasteiger partial charge in [0.05, 0.1) is 0 Å². The number of rotatable bonds is 4. The summed E-state index contributed by atoms with van der Waals surface area (Å²) < 4.78 is 15.2. The molecule has 0 aromatic carbocycles. The standard InChI is InChI=1S/C5H14O3Si.C3H6/c1-5-9(6-2,7-3)8-4;1-2-3-1/h5H2,1-4H3;1-3H2. The molecule has 0 heterocycles. The average molecular weight is 192 g/mol. The van der Waals surface area contributed by atoms with Crippen LogP contribution in [0.15, 0.2) is 0 Å². The van der Waals surface area contributed by atoms with Gasteiger partial charge in [-0.25, -0.2) is 0 Å². The van der Waals surface area contributed by atoms with E-state index in [9.17, 15) is 0 Å². The van der Waals surface area contributed by atoms with Crippen molar-refractivity contribution in [2.24, 2.45) is 0 Å². The maximum absolute atomic E-state index is 5.08. The third-order valence-corrected chi connectivity index (χ3v) is 4.45. The van der Waals surface area contributed by atoms with Crippen LogP contribution in [0.5, 0.6) is 0 Å². The van der Waals surface area contributed by atoms with Crippen molar-refractivity contribution in [3.8, 4) is 0 Å². The Hall–Kier alpha value is 0.0969. The van der Waals surface area contributed by atoms with Crippen LogP contribution in [-0.2, 0) is 13.3 Å². The minimum absolute atomic E-state index is 0.816. The highest BCUT2D eigenvalue weighted by Gasteiger charge is 2.34. The minimum atomic E-state index is -2.19. The Morgan fingerprint density at radius 1 is 0.917 bits per heavy atom. The van der Waals surface area contributed by atoms with E-state index in [1.165, 1.54) is 19.3 Å². The molecule has 4 heteroatoms. The van der Waals surface area contributed by atoms with Crippen molar-refractivity contribution in [2.45, 2.75) is 32.2 Å². The van der Waals surface area contributed by atoms with Crippen molar-refractivity contribution in [1.82, 2.24) is 0 Å². The maximum atomic E-state index is 5.08. The lowest BCUT2D eigenvalue weighted by molar-refractivity contribution is 0.125. The van der Waals surface area contributed by atoms with Crippen molar-refractivity contribution in [3.05, 3.63) is 0 Å². The normalized spacial score (nSPS) is 15.0. The van der Waals surface area contributed by atoms with Crippen molar-refractivity contribution >= 4 is 8.80 Å². The van der Waals surface area contributed by atoms with E-state index in [1.54, 1.807) is 21.3 Å². The quantitative estimate of drug-likeness (QED) is 0.638. The lowest BCUT2D eigenvalue weighted by Crippen LogP contribution is -2.41. The zero-order valence-electron chi connectivity index (χ0n) is 8.55. The summed E-state index contributed by atoms with van der Waals surface area (Å²) in [7, 11) is 2.65. The first kappa shape index (κ1) is 12.1. The molecule has 74 valence electrons. The average Bonchev–Trinajstić information content (AvgIpc) is 2.96. The topological polar surface area (TPSA) is 27.7 Å². The molecule has 0 aliphatic heterocycles. The molecule has 1 aliphatic rings. The second-order valence-electron chi connectivity index (χ2n) is 2.71. The minimum Gasteiger partial charge on any atom is -0.377 e. The molecule has 0 radical (unpaired) electrons. The molecule has 1 fully saturated rings. The Morgan fingerprint density at radius 2 is 1.25 bits per heavy atom. The molecule has 0 unspecified atom stereocenters. The van der Waals surface area contributed by atoms with E-state index in [0.29, 0.717) is 0 Å². The van der Waals surface area contributed by atoms with Gasteiger partial charge in [0, 0.05) is 27.4 Å². The van der Waals surface area contributed by atoms with Crippen LogP contribution in [-0.4, -0.2) is 30.1 Å². The van der Waals surface area contributed by atoms with Crippen LogP contribution in [0.3, 0.4) is 0 Å². The van der Waals surface area contributed by atoms with Gasteiger partial charge in [-0.2, -0.15) is 0 Å². The summed E-state index contributed by atoms with van der Waals surface area (Å²) in [5.74, 6) is 0. The molecule has 1 rings (SSSR count).